The van der Waals surface area contributed by atoms with Gasteiger partial charge >= 0.3 is 0 Å². The lowest BCUT2D eigenvalue weighted by molar-refractivity contribution is -0.140. The second kappa shape index (κ2) is 11.2. The molecular formula is C25H32N2O2S. The molecule has 0 saturated heterocycles. The molecule has 1 saturated carbocycles. The van der Waals surface area contributed by atoms with E-state index in [0.717, 1.165) is 23.3 Å². The van der Waals surface area contributed by atoms with Crippen LogP contribution in [0.2, 0.25) is 0 Å². The molecule has 5 heteroatoms. The number of rotatable bonds is 9. The van der Waals surface area contributed by atoms with Crippen LogP contribution in [0.3, 0.4) is 0 Å². The zero-order valence-corrected chi connectivity index (χ0v) is 18.8. The van der Waals surface area contributed by atoms with Crippen LogP contribution in [0.15, 0.2) is 59.5 Å². The number of amides is 2. The van der Waals surface area contributed by atoms with Gasteiger partial charge in [-0.05, 0) is 44.4 Å². The van der Waals surface area contributed by atoms with Gasteiger partial charge < -0.3 is 10.2 Å². The summed E-state index contributed by atoms with van der Waals surface area (Å²) in [5, 5.41) is 3.15. The van der Waals surface area contributed by atoms with Gasteiger partial charge in [-0.1, -0.05) is 60.9 Å². The molecule has 160 valence electrons. The van der Waals surface area contributed by atoms with E-state index < -0.39 is 6.04 Å². The molecule has 1 unspecified atom stereocenters. The Morgan fingerprint density at radius 1 is 1.07 bits per heavy atom. The molecule has 0 heterocycles. The number of benzene rings is 2. The Morgan fingerprint density at radius 3 is 2.40 bits per heavy atom. The number of carbonyl (C=O) groups is 2. The molecule has 1 aliphatic carbocycles. The second-order valence-corrected chi connectivity index (χ2v) is 9.25. The summed E-state index contributed by atoms with van der Waals surface area (Å²) in [6.07, 6.45) is 4.83. The van der Waals surface area contributed by atoms with Crippen LogP contribution < -0.4 is 5.32 Å². The summed E-state index contributed by atoms with van der Waals surface area (Å²) in [5.74, 6) is 0.675. The van der Waals surface area contributed by atoms with Gasteiger partial charge in [0, 0.05) is 29.7 Å². The van der Waals surface area contributed by atoms with Crippen molar-refractivity contribution in [1.82, 2.24) is 10.2 Å². The van der Waals surface area contributed by atoms with Crippen LogP contribution in [0.1, 0.15) is 50.2 Å². The topological polar surface area (TPSA) is 49.4 Å². The monoisotopic (exact) mass is 424 g/mol. The predicted molar refractivity (Wildman–Crippen MR) is 123 cm³/mol. The third-order valence-electron chi connectivity index (χ3n) is 5.67. The van der Waals surface area contributed by atoms with Gasteiger partial charge in [0.1, 0.15) is 6.04 Å². The second-order valence-electron chi connectivity index (χ2n) is 8.08. The molecule has 1 N–H and O–H groups in total. The fourth-order valence-electron chi connectivity index (χ4n) is 3.79. The van der Waals surface area contributed by atoms with Crippen LogP contribution in [0.25, 0.3) is 0 Å². The van der Waals surface area contributed by atoms with Crippen molar-refractivity contribution >= 4 is 23.6 Å². The van der Waals surface area contributed by atoms with E-state index in [1.54, 1.807) is 16.7 Å². The first kappa shape index (κ1) is 22.4. The highest BCUT2D eigenvalue weighted by molar-refractivity contribution is 7.99. The molecule has 0 aromatic heterocycles. The minimum Gasteiger partial charge on any atom is -0.352 e. The van der Waals surface area contributed by atoms with Crippen LogP contribution in [0.4, 0.5) is 0 Å². The van der Waals surface area contributed by atoms with Crippen molar-refractivity contribution in [3.05, 3.63) is 65.7 Å². The highest BCUT2D eigenvalue weighted by Gasteiger charge is 2.28. The minimum absolute atomic E-state index is 0.0209. The zero-order chi connectivity index (χ0) is 21.3. The maximum absolute atomic E-state index is 13.1. The van der Waals surface area contributed by atoms with E-state index in [-0.39, 0.29) is 17.9 Å². The molecule has 1 atom stereocenters. The molecule has 2 aromatic carbocycles. The van der Waals surface area contributed by atoms with Crippen molar-refractivity contribution in [1.29, 1.82) is 0 Å². The first-order chi connectivity index (χ1) is 14.5. The Kier molecular flexibility index (Phi) is 8.38. The van der Waals surface area contributed by atoms with E-state index >= 15 is 0 Å². The first-order valence-corrected chi connectivity index (χ1v) is 11.8. The van der Waals surface area contributed by atoms with Gasteiger partial charge in [0.25, 0.3) is 0 Å². The Morgan fingerprint density at radius 2 is 1.73 bits per heavy atom. The van der Waals surface area contributed by atoms with Crippen molar-refractivity contribution in [2.24, 2.45) is 0 Å². The Labute approximate surface area is 184 Å². The molecular weight excluding hydrogens is 392 g/mol. The summed E-state index contributed by atoms with van der Waals surface area (Å²) in [6.45, 7) is 4.36. The summed E-state index contributed by atoms with van der Waals surface area (Å²) in [5.41, 5.74) is 2.27. The molecule has 1 aliphatic rings. The molecule has 0 spiro atoms. The number of carbonyl (C=O) groups excluding carboxylic acids is 2. The normalized spacial score (nSPS) is 15.0. The van der Waals surface area contributed by atoms with Gasteiger partial charge in [-0.25, -0.2) is 0 Å². The standard InChI is InChI=1S/C25H32N2O2S/c1-19-12-14-23(15-13-19)30-17-16-24(28)27(18-21-8-4-3-5-9-21)20(2)25(29)26-22-10-6-7-11-22/h3-5,8-9,12-15,20,22H,6-7,10-11,16-18H2,1-2H3,(H,26,29). The highest BCUT2D eigenvalue weighted by Crippen LogP contribution is 2.21. The van der Waals surface area contributed by atoms with Gasteiger partial charge in [-0.3, -0.25) is 9.59 Å². The molecule has 0 aliphatic heterocycles. The van der Waals surface area contributed by atoms with Crippen molar-refractivity contribution < 1.29 is 9.59 Å². The maximum Gasteiger partial charge on any atom is 0.242 e. The number of nitrogens with zero attached hydrogens (tertiary/aromatic N) is 1. The smallest absolute Gasteiger partial charge is 0.242 e. The van der Waals surface area contributed by atoms with E-state index in [0.29, 0.717) is 18.7 Å². The largest absolute Gasteiger partial charge is 0.352 e. The van der Waals surface area contributed by atoms with Gasteiger partial charge in [0.05, 0.1) is 0 Å². The molecule has 3 rings (SSSR count). The third kappa shape index (κ3) is 6.63. The number of nitrogens with one attached hydrogen (secondary N) is 1. The molecule has 1 fully saturated rings. The summed E-state index contributed by atoms with van der Waals surface area (Å²) in [7, 11) is 0. The average Bonchev–Trinajstić information content (AvgIpc) is 3.26. The summed E-state index contributed by atoms with van der Waals surface area (Å²) in [4.78, 5) is 28.9. The Balaban J connectivity index is 1.62. The molecule has 2 aromatic rings. The van der Waals surface area contributed by atoms with Crippen LogP contribution >= 0.6 is 11.8 Å². The lowest BCUT2D eigenvalue weighted by atomic mass is 10.1. The van der Waals surface area contributed by atoms with Crippen molar-refractivity contribution in [3.8, 4) is 0 Å². The number of thioether (sulfide) groups is 1. The van der Waals surface area contributed by atoms with Crippen molar-refractivity contribution in [2.75, 3.05) is 5.75 Å². The zero-order valence-electron chi connectivity index (χ0n) is 18.0. The maximum atomic E-state index is 13.1. The minimum atomic E-state index is -0.484. The molecule has 0 radical (unpaired) electrons. The quantitative estimate of drug-likeness (QED) is 0.579. The SMILES string of the molecule is Cc1ccc(SCCC(=O)N(Cc2ccccc2)C(C)C(=O)NC2CCCC2)cc1. The summed E-state index contributed by atoms with van der Waals surface area (Å²) >= 11 is 1.68. The van der Waals surface area contributed by atoms with Crippen LogP contribution in [0, 0.1) is 6.92 Å². The molecule has 2 amide bonds. The fourth-order valence-corrected chi connectivity index (χ4v) is 4.63. The van der Waals surface area contributed by atoms with Crippen LogP contribution in [-0.2, 0) is 16.1 Å². The predicted octanol–water partition coefficient (Wildman–Crippen LogP) is 4.95. The molecule has 30 heavy (non-hydrogen) atoms. The van der Waals surface area contributed by atoms with E-state index in [2.05, 4.69) is 36.5 Å². The number of hydrogen-bond donors (Lipinski definition) is 1. The van der Waals surface area contributed by atoms with E-state index in [1.807, 2.05) is 37.3 Å². The lowest BCUT2D eigenvalue weighted by Crippen LogP contribution is -2.49. The van der Waals surface area contributed by atoms with Gasteiger partial charge in [-0.15, -0.1) is 11.8 Å². The van der Waals surface area contributed by atoms with E-state index in [4.69, 9.17) is 0 Å². The van der Waals surface area contributed by atoms with Gasteiger partial charge in [0.2, 0.25) is 11.8 Å². The van der Waals surface area contributed by atoms with E-state index in [1.165, 1.54) is 18.4 Å². The van der Waals surface area contributed by atoms with Crippen LogP contribution in [-0.4, -0.2) is 34.6 Å². The Bertz CT molecular complexity index is 817. The van der Waals surface area contributed by atoms with Crippen LogP contribution in [0.5, 0.6) is 0 Å². The van der Waals surface area contributed by atoms with Crippen molar-refractivity contribution in [3.63, 3.8) is 0 Å². The summed E-state index contributed by atoms with van der Waals surface area (Å²) in [6, 6.07) is 18.0. The number of hydrogen-bond acceptors (Lipinski definition) is 3. The van der Waals surface area contributed by atoms with Gasteiger partial charge in [0.15, 0.2) is 0 Å². The van der Waals surface area contributed by atoms with E-state index in [9.17, 15) is 9.59 Å². The average molecular weight is 425 g/mol. The first-order valence-electron chi connectivity index (χ1n) is 10.9. The molecule has 4 nitrogen and oxygen atoms in total. The van der Waals surface area contributed by atoms with Crippen molar-refractivity contribution in [2.45, 2.75) is 69.5 Å². The van der Waals surface area contributed by atoms with Gasteiger partial charge in [-0.2, -0.15) is 0 Å². The molecule has 0 bridgehead atoms. The summed E-state index contributed by atoms with van der Waals surface area (Å²) < 4.78 is 0. The number of aryl methyl sites for hydroxylation is 1. The fraction of sp³-hybridized carbons (Fsp3) is 0.440. The Hall–Kier alpha value is -2.27. The highest BCUT2D eigenvalue weighted by atomic mass is 32.2. The third-order valence-corrected chi connectivity index (χ3v) is 6.68. The lowest BCUT2D eigenvalue weighted by Gasteiger charge is -2.29.